The van der Waals surface area contributed by atoms with Crippen molar-refractivity contribution in [1.29, 1.82) is 0 Å². The van der Waals surface area contributed by atoms with Gasteiger partial charge in [-0.2, -0.15) is 0 Å². The maximum absolute atomic E-state index is 2.86. The summed E-state index contributed by atoms with van der Waals surface area (Å²) < 4.78 is 2.51. The molecule has 7 unspecified atom stereocenters. The number of allylic oxidation sites excluding steroid dienone is 9. The highest BCUT2D eigenvalue weighted by Crippen LogP contribution is 2.53. The quantitative estimate of drug-likeness (QED) is 0.212. The smallest absolute Gasteiger partial charge is 0.0545 e. The number of para-hydroxylation sites is 1. The van der Waals surface area contributed by atoms with E-state index in [1.165, 1.54) is 85.7 Å². The lowest BCUT2D eigenvalue weighted by Gasteiger charge is -2.35. The number of anilines is 1. The van der Waals surface area contributed by atoms with E-state index in [1.54, 1.807) is 0 Å². The molecule has 4 aromatic rings. The van der Waals surface area contributed by atoms with E-state index in [1.807, 2.05) is 11.8 Å². The topological polar surface area (TPSA) is 8.17 Å². The van der Waals surface area contributed by atoms with Gasteiger partial charge in [0.1, 0.15) is 0 Å². The number of aromatic nitrogens is 1. The van der Waals surface area contributed by atoms with E-state index < -0.39 is 0 Å². The summed E-state index contributed by atoms with van der Waals surface area (Å²) in [6.45, 7) is 0. The summed E-state index contributed by atoms with van der Waals surface area (Å²) in [4.78, 5) is 4.33. The molecular weight excluding hydrogens is 637 g/mol. The maximum atomic E-state index is 2.86. The molecule has 5 aliphatic carbocycles. The first-order valence-electron chi connectivity index (χ1n) is 19.4. The lowest BCUT2D eigenvalue weighted by molar-refractivity contribution is 0.305. The fourth-order valence-electron chi connectivity index (χ4n) is 10.7. The SMILES string of the molecule is C1=CC2Sc3ccc(N4C5C=CC(C6C=c7c(n(-c8cccc(C9=CCCC=C9)c8)c8ccccc78)=CC6)=CC5C5CCCCC54)cc3C2C=C1. The number of hydrogen-bond donors (Lipinski definition) is 0. The maximum Gasteiger partial charge on any atom is 0.0545 e. The molecule has 2 aliphatic heterocycles. The Balaban J connectivity index is 0.949. The minimum absolute atomic E-state index is 0.397. The van der Waals surface area contributed by atoms with Crippen LogP contribution in [0.25, 0.3) is 34.3 Å². The molecule has 1 saturated carbocycles. The summed E-state index contributed by atoms with van der Waals surface area (Å²) >= 11 is 2.04. The number of nitrogens with zero attached hydrogens (tertiary/aromatic N) is 2. The van der Waals surface area contributed by atoms with Crippen LogP contribution in [-0.4, -0.2) is 21.9 Å². The zero-order valence-corrected chi connectivity index (χ0v) is 29.9. The number of hydrogen-bond acceptors (Lipinski definition) is 2. The van der Waals surface area contributed by atoms with Crippen molar-refractivity contribution in [3.63, 3.8) is 0 Å². The molecule has 252 valence electrons. The predicted molar refractivity (Wildman–Crippen MR) is 216 cm³/mol. The predicted octanol–water partition coefficient (Wildman–Crippen LogP) is 10.2. The van der Waals surface area contributed by atoms with Crippen molar-refractivity contribution in [3.05, 3.63) is 155 Å². The standard InChI is InChI=1S/C48H44N2S/c1-2-11-31(12-3-1)32-13-10-14-35(27-32)49-43-18-7-4-15-37(43)40-28-33(21-24-45(40)49)34-22-25-46-41(29-34)38-16-5-8-19-44(38)50(46)36-23-26-48-42(30-36)39-17-6-9-20-47(39)51-48/h2,4,6-7,9-15,17-18,20,22-30,33,38-39,41,44,46-47H,1,3,5,8,16,19,21H2. The van der Waals surface area contributed by atoms with Gasteiger partial charge in [0.05, 0.1) is 11.6 Å². The van der Waals surface area contributed by atoms with Crippen LogP contribution in [0.2, 0.25) is 0 Å². The van der Waals surface area contributed by atoms with Crippen molar-refractivity contribution >= 4 is 46.1 Å². The lowest BCUT2D eigenvalue weighted by Crippen LogP contribution is -2.38. The fourth-order valence-corrected chi connectivity index (χ4v) is 12.0. The number of rotatable bonds is 4. The molecular formula is C48H44N2S. The molecule has 0 amide bonds. The van der Waals surface area contributed by atoms with Gasteiger partial charge in [-0.1, -0.05) is 116 Å². The molecule has 2 fully saturated rings. The molecule has 51 heavy (non-hydrogen) atoms. The first kappa shape index (κ1) is 30.2. The summed E-state index contributed by atoms with van der Waals surface area (Å²) in [5.74, 6) is 2.20. The van der Waals surface area contributed by atoms with Gasteiger partial charge in [-0.15, -0.1) is 11.8 Å². The Hall–Kier alpha value is -4.47. The van der Waals surface area contributed by atoms with Gasteiger partial charge in [-0.25, -0.2) is 0 Å². The van der Waals surface area contributed by atoms with E-state index in [2.05, 4.69) is 149 Å². The van der Waals surface area contributed by atoms with E-state index in [4.69, 9.17) is 0 Å². The Labute approximate surface area is 305 Å². The summed E-state index contributed by atoms with van der Waals surface area (Å²) in [5.41, 5.74) is 9.68. The molecule has 1 saturated heterocycles. The Morgan fingerprint density at radius 2 is 1.71 bits per heavy atom. The van der Waals surface area contributed by atoms with Crippen LogP contribution in [0.4, 0.5) is 5.69 Å². The molecule has 0 N–H and O–H groups in total. The molecule has 0 bridgehead atoms. The highest BCUT2D eigenvalue weighted by atomic mass is 32.2. The Kier molecular flexibility index (Phi) is 7.14. The minimum atomic E-state index is 0.397. The summed E-state index contributed by atoms with van der Waals surface area (Å²) in [7, 11) is 0. The summed E-state index contributed by atoms with van der Waals surface area (Å²) in [6, 6.07) is 26.7. The second kappa shape index (κ2) is 12.1. The fraction of sp³-hybridized carbons (Fsp3) is 0.292. The summed E-state index contributed by atoms with van der Waals surface area (Å²) in [6.07, 6.45) is 37.9. The van der Waals surface area contributed by atoms with Crippen LogP contribution < -0.4 is 15.5 Å². The Bertz CT molecular complexity index is 2400. The molecule has 7 aliphatic rings. The van der Waals surface area contributed by atoms with Crippen molar-refractivity contribution in [2.75, 3.05) is 4.90 Å². The van der Waals surface area contributed by atoms with Gasteiger partial charge in [-0.3, -0.25) is 0 Å². The average Bonchev–Trinajstić information content (AvgIpc) is 3.85. The molecule has 1 aromatic heterocycles. The molecule has 3 aromatic carbocycles. The van der Waals surface area contributed by atoms with Gasteiger partial charge in [0, 0.05) is 61.3 Å². The first-order valence-corrected chi connectivity index (χ1v) is 20.3. The molecule has 7 atom stereocenters. The third kappa shape index (κ3) is 4.84. The van der Waals surface area contributed by atoms with Gasteiger partial charge >= 0.3 is 0 Å². The van der Waals surface area contributed by atoms with Gasteiger partial charge in [0.15, 0.2) is 0 Å². The van der Waals surface area contributed by atoms with Crippen LogP contribution in [-0.2, 0) is 0 Å². The minimum Gasteiger partial charge on any atom is -0.361 e. The molecule has 3 heteroatoms. The van der Waals surface area contributed by atoms with Crippen molar-refractivity contribution in [1.82, 2.24) is 4.57 Å². The van der Waals surface area contributed by atoms with E-state index in [9.17, 15) is 0 Å². The zero-order chi connectivity index (χ0) is 33.5. The van der Waals surface area contributed by atoms with Crippen molar-refractivity contribution in [3.8, 4) is 5.69 Å². The van der Waals surface area contributed by atoms with Gasteiger partial charge < -0.3 is 9.47 Å². The third-order valence-corrected chi connectivity index (χ3v) is 14.3. The highest BCUT2D eigenvalue weighted by molar-refractivity contribution is 8.00. The van der Waals surface area contributed by atoms with Crippen molar-refractivity contribution in [2.45, 2.75) is 73.1 Å². The van der Waals surface area contributed by atoms with Crippen molar-refractivity contribution in [2.24, 2.45) is 17.8 Å². The van der Waals surface area contributed by atoms with Gasteiger partial charge in [0.2, 0.25) is 0 Å². The van der Waals surface area contributed by atoms with Crippen LogP contribution in [0.5, 0.6) is 0 Å². The van der Waals surface area contributed by atoms with Crippen LogP contribution in [0.15, 0.2) is 138 Å². The molecule has 11 rings (SSSR count). The van der Waals surface area contributed by atoms with E-state index in [-0.39, 0.29) is 0 Å². The Morgan fingerprint density at radius 3 is 2.67 bits per heavy atom. The van der Waals surface area contributed by atoms with E-state index in [0.717, 1.165) is 25.2 Å². The van der Waals surface area contributed by atoms with Crippen LogP contribution in [0, 0.1) is 17.8 Å². The van der Waals surface area contributed by atoms with E-state index in [0.29, 0.717) is 35.1 Å². The van der Waals surface area contributed by atoms with Crippen LogP contribution >= 0.6 is 11.8 Å². The van der Waals surface area contributed by atoms with Gasteiger partial charge in [0.25, 0.3) is 0 Å². The molecule has 3 heterocycles. The number of thioether (sulfide) groups is 1. The Morgan fingerprint density at radius 1 is 0.765 bits per heavy atom. The second-order valence-electron chi connectivity index (χ2n) is 15.7. The average molecular weight is 681 g/mol. The van der Waals surface area contributed by atoms with Crippen molar-refractivity contribution < 1.29 is 0 Å². The monoisotopic (exact) mass is 680 g/mol. The number of benzene rings is 3. The first-order chi connectivity index (χ1) is 25.3. The summed E-state index contributed by atoms with van der Waals surface area (Å²) in [5, 5.41) is 4.64. The number of fused-ring (bicyclic) bond motifs is 9. The molecule has 0 radical (unpaired) electrons. The molecule has 2 nitrogen and oxygen atoms in total. The largest absolute Gasteiger partial charge is 0.361 e. The normalized spacial score (nSPS) is 29.7. The lowest BCUT2D eigenvalue weighted by atomic mass is 9.75. The molecule has 0 spiro atoms. The second-order valence-corrected chi connectivity index (χ2v) is 16.9. The van der Waals surface area contributed by atoms with Crippen LogP contribution in [0.1, 0.15) is 62.0 Å². The highest BCUT2D eigenvalue weighted by Gasteiger charge is 2.49. The third-order valence-electron chi connectivity index (χ3n) is 13.0. The van der Waals surface area contributed by atoms with Gasteiger partial charge in [-0.05, 0) is 96.7 Å². The zero-order valence-electron chi connectivity index (χ0n) is 29.1. The van der Waals surface area contributed by atoms with Crippen LogP contribution in [0.3, 0.4) is 0 Å². The van der Waals surface area contributed by atoms with E-state index >= 15 is 0 Å².